The largest absolute Gasteiger partial charge is 0.384 e. The Morgan fingerprint density at radius 3 is 2.62 bits per heavy atom. The van der Waals surface area contributed by atoms with Gasteiger partial charge in [0, 0.05) is 34.4 Å². The number of halogens is 2. The maximum absolute atomic E-state index is 12.2. The second-order valence-electron chi connectivity index (χ2n) is 4.79. The Balaban J connectivity index is 3.01. The quantitative estimate of drug-likeness (QED) is 0.748. The maximum atomic E-state index is 12.2. The van der Waals surface area contributed by atoms with Crippen LogP contribution in [-0.4, -0.2) is 34.6 Å². The number of ether oxygens (including phenoxy) is 1. The summed E-state index contributed by atoms with van der Waals surface area (Å²) < 4.78 is 28.3. The van der Waals surface area contributed by atoms with E-state index in [1.165, 1.54) is 12.1 Å². The van der Waals surface area contributed by atoms with Crippen molar-refractivity contribution >= 4 is 41.6 Å². The van der Waals surface area contributed by atoms with Gasteiger partial charge in [0.05, 0.1) is 11.5 Å². The van der Waals surface area contributed by atoms with Crippen LogP contribution in [0.5, 0.6) is 0 Å². The Kier molecular flexibility index (Phi) is 6.65. The first-order chi connectivity index (χ1) is 9.66. The fraction of sp³-hybridized carbons (Fsp3) is 0.462. The maximum Gasteiger partial charge on any atom is 0.261 e. The molecule has 1 aromatic carbocycles. The first-order valence-corrected chi connectivity index (χ1v) is 9.29. The lowest BCUT2D eigenvalue weighted by Gasteiger charge is -2.14. The highest BCUT2D eigenvalue weighted by Gasteiger charge is 2.18. The summed E-state index contributed by atoms with van der Waals surface area (Å²) in [5, 5.41) is 2.75. The van der Waals surface area contributed by atoms with Crippen LogP contribution in [0.2, 0.25) is 0 Å². The van der Waals surface area contributed by atoms with Crippen molar-refractivity contribution in [2.75, 3.05) is 20.3 Å². The summed E-state index contributed by atoms with van der Waals surface area (Å²) >= 11 is 3.24. The third-order valence-corrected chi connectivity index (χ3v) is 5.06. The highest BCUT2D eigenvalue weighted by molar-refractivity contribution is 9.10. The molecule has 21 heavy (non-hydrogen) atoms. The summed E-state index contributed by atoms with van der Waals surface area (Å²) in [6, 6.07) is 2.65. The van der Waals surface area contributed by atoms with Crippen LogP contribution >= 0.6 is 26.6 Å². The lowest BCUT2D eigenvalue weighted by Crippen LogP contribution is -2.30. The average molecular weight is 399 g/mol. The van der Waals surface area contributed by atoms with Crippen molar-refractivity contribution in [2.24, 2.45) is 5.92 Å². The van der Waals surface area contributed by atoms with Crippen molar-refractivity contribution < 1.29 is 17.9 Å². The van der Waals surface area contributed by atoms with Gasteiger partial charge < -0.3 is 10.1 Å². The van der Waals surface area contributed by atoms with Crippen molar-refractivity contribution in [1.29, 1.82) is 0 Å². The van der Waals surface area contributed by atoms with E-state index < -0.39 is 9.05 Å². The molecule has 0 saturated heterocycles. The number of carbonyl (C=O) groups excluding carboxylic acids is 1. The third-order valence-electron chi connectivity index (χ3n) is 2.91. The Morgan fingerprint density at radius 1 is 1.48 bits per heavy atom. The predicted octanol–water partition coefficient (Wildman–Crippen LogP) is 2.70. The van der Waals surface area contributed by atoms with Gasteiger partial charge in [-0.15, -0.1) is 0 Å². The number of hydrogen-bond donors (Lipinski definition) is 1. The molecular formula is C13H17BrClNO4S. The van der Waals surface area contributed by atoms with Crippen LogP contribution in [0.1, 0.15) is 22.8 Å². The monoisotopic (exact) mass is 397 g/mol. The molecular weight excluding hydrogens is 382 g/mol. The third kappa shape index (κ3) is 5.25. The Labute approximate surface area is 137 Å². The van der Waals surface area contributed by atoms with E-state index in [0.29, 0.717) is 23.2 Å². The minimum absolute atomic E-state index is 0.114. The number of benzene rings is 1. The molecule has 0 aliphatic heterocycles. The van der Waals surface area contributed by atoms with Crippen LogP contribution in [0, 0.1) is 12.8 Å². The zero-order chi connectivity index (χ0) is 16.2. The number of rotatable bonds is 6. The van der Waals surface area contributed by atoms with Crippen molar-refractivity contribution in [3.05, 3.63) is 27.7 Å². The van der Waals surface area contributed by atoms with Crippen molar-refractivity contribution in [3.63, 3.8) is 0 Å². The molecule has 0 fully saturated rings. The van der Waals surface area contributed by atoms with Gasteiger partial charge in [0.25, 0.3) is 15.0 Å². The SMILES string of the molecule is COCC(C)CNC(=O)c1cc(S(=O)(=O)Cl)cc(Br)c1C. The summed E-state index contributed by atoms with van der Waals surface area (Å²) in [5.41, 5.74) is 0.921. The van der Waals surface area contributed by atoms with E-state index in [1.54, 1.807) is 14.0 Å². The number of carbonyl (C=O) groups is 1. The number of hydrogen-bond acceptors (Lipinski definition) is 4. The minimum Gasteiger partial charge on any atom is -0.384 e. The van der Waals surface area contributed by atoms with Crippen molar-refractivity contribution in [3.8, 4) is 0 Å². The van der Waals surface area contributed by atoms with E-state index in [-0.39, 0.29) is 22.3 Å². The molecule has 1 unspecified atom stereocenters. The fourth-order valence-electron chi connectivity index (χ4n) is 1.74. The zero-order valence-corrected chi connectivity index (χ0v) is 15.1. The molecule has 0 aliphatic carbocycles. The predicted molar refractivity (Wildman–Crippen MR) is 85.3 cm³/mol. The second-order valence-corrected chi connectivity index (χ2v) is 8.21. The van der Waals surface area contributed by atoms with Crippen molar-refractivity contribution in [1.82, 2.24) is 5.32 Å². The van der Waals surface area contributed by atoms with Gasteiger partial charge in [-0.1, -0.05) is 22.9 Å². The van der Waals surface area contributed by atoms with Crippen molar-refractivity contribution in [2.45, 2.75) is 18.7 Å². The van der Waals surface area contributed by atoms with E-state index in [1.807, 2.05) is 6.92 Å². The van der Waals surface area contributed by atoms with Crippen LogP contribution < -0.4 is 5.32 Å². The molecule has 1 rings (SSSR count). The van der Waals surface area contributed by atoms with Gasteiger partial charge >= 0.3 is 0 Å². The zero-order valence-electron chi connectivity index (χ0n) is 11.9. The number of methoxy groups -OCH3 is 1. The summed E-state index contributed by atoms with van der Waals surface area (Å²) in [6.07, 6.45) is 0. The molecule has 1 atom stereocenters. The summed E-state index contributed by atoms with van der Waals surface area (Å²) in [4.78, 5) is 12.1. The highest BCUT2D eigenvalue weighted by Crippen LogP contribution is 2.26. The van der Waals surface area contributed by atoms with E-state index in [9.17, 15) is 13.2 Å². The van der Waals surface area contributed by atoms with Gasteiger partial charge in [-0.05, 0) is 30.5 Å². The normalized spacial score (nSPS) is 13.0. The Bertz CT molecular complexity index is 633. The first kappa shape index (κ1) is 18.4. The van der Waals surface area contributed by atoms with Crippen LogP contribution in [0.15, 0.2) is 21.5 Å². The van der Waals surface area contributed by atoms with Gasteiger partial charge in [-0.25, -0.2) is 8.42 Å². The smallest absolute Gasteiger partial charge is 0.261 e. The molecule has 1 N–H and O–H groups in total. The molecule has 0 heterocycles. The number of amides is 1. The topological polar surface area (TPSA) is 72.5 Å². The molecule has 0 aromatic heterocycles. The molecule has 1 aromatic rings. The minimum atomic E-state index is -3.90. The van der Waals surface area contributed by atoms with E-state index in [2.05, 4.69) is 21.2 Å². The lowest BCUT2D eigenvalue weighted by atomic mass is 10.1. The average Bonchev–Trinajstić information content (AvgIpc) is 2.38. The van der Waals surface area contributed by atoms with Gasteiger partial charge in [-0.3, -0.25) is 4.79 Å². The molecule has 0 saturated carbocycles. The van der Waals surface area contributed by atoms with Crippen LogP contribution in [0.25, 0.3) is 0 Å². The Morgan fingerprint density at radius 2 is 2.10 bits per heavy atom. The van der Waals surface area contributed by atoms with Crippen LogP contribution in [0.3, 0.4) is 0 Å². The summed E-state index contributed by atoms with van der Waals surface area (Å²) in [7, 11) is 3.03. The number of nitrogens with one attached hydrogen (secondary N) is 1. The van der Waals surface area contributed by atoms with Crippen LogP contribution in [0.4, 0.5) is 0 Å². The first-order valence-electron chi connectivity index (χ1n) is 6.18. The molecule has 1 amide bonds. The lowest BCUT2D eigenvalue weighted by molar-refractivity contribution is 0.0933. The van der Waals surface area contributed by atoms with Crippen LogP contribution in [-0.2, 0) is 13.8 Å². The highest BCUT2D eigenvalue weighted by atomic mass is 79.9. The van der Waals surface area contributed by atoms with E-state index in [4.69, 9.17) is 15.4 Å². The molecule has 0 bridgehead atoms. The van der Waals surface area contributed by atoms with Gasteiger partial charge in [0.2, 0.25) is 0 Å². The van der Waals surface area contributed by atoms with Gasteiger partial charge in [0.1, 0.15) is 0 Å². The summed E-state index contributed by atoms with van der Waals surface area (Å²) in [6.45, 7) is 4.62. The van der Waals surface area contributed by atoms with Gasteiger partial charge in [0.15, 0.2) is 0 Å². The molecule has 0 spiro atoms. The molecule has 5 nitrogen and oxygen atoms in total. The summed E-state index contributed by atoms with van der Waals surface area (Å²) in [5.74, 6) is -0.194. The Hall–Kier alpha value is -0.630. The van der Waals surface area contributed by atoms with E-state index in [0.717, 1.165) is 0 Å². The molecule has 8 heteroatoms. The molecule has 118 valence electrons. The molecule has 0 aliphatic rings. The van der Waals surface area contributed by atoms with Gasteiger partial charge in [-0.2, -0.15) is 0 Å². The standard InChI is InChI=1S/C13H17BrClNO4S/c1-8(7-20-3)6-16-13(17)11-4-10(21(15,18)19)5-12(14)9(11)2/h4-5,8H,6-7H2,1-3H3,(H,16,17). The van der Waals surface area contributed by atoms with E-state index >= 15 is 0 Å². The second kappa shape index (κ2) is 7.58. The molecule has 0 radical (unpaired) electrons. The fourth-order valence-corrected chi connectivity index (χ4v) is 3.13.